The second-order valence-electron chi connectivity index (χ2n) is 13.1. The minimum Gasteiger partial charge on any atom is -0.456 e. The van der Waals surface area contributed by atoms with Gasteiger partial charge in [-0.25, -0.2) is 4.99 Å². The van der Waals surface area contributed by atoms with Gasteiger partial charge in [0, 0.05) is 38.2 Å². The molecule has 10 rings (SSSR count). The average molecular weight is 670 g/mol. The third kappa shape index (κ3) is 5.02. The highest BCUT2D eigenvalue weighted by Crippen LogP contribution is 2.39. The maximum absolute atomic E-state index is 6.74. The van der Waals surface area contributed by atoms with E-state index < -0.39 is 0 Å². The van der Waals surface area contributed by atoms with Crippen molar-refractivity contribution in [3.63, 3.8) is 0 Å². The molecule has 5 nitrogen and oxygen atoms in total. The first-order chi connectivity index (χ1) is 25.7. The van der Waals surface area contributed by atoms with Crippen LogP contribution < -0.4 is 5.73 Å². The van der Waals surface area contributed by atoms with Crippen molar-refractivity contribution < 1.29 is 8.83 Å². The van der Waals surface area contributed by atoms with Crippen molar-refractivity contribution in [1.29, 1.82) is 0 Å². The second kappa shape index (κ2) is 12.1. The SMILES string of the molecule is NC(=NC(=NCc1cccc2oc3ccc(-c4cccc5c4oc4ccccc45)cc3c12)c1ccccc1)c1ccc2c(ccc3ccccc32)c1. The van der Waals surface area contributed by atoms with Crippen molar-refractivity contribution in [2.75, 3.05) is 0 Å². The molecule has 0 aliphatic carbocycles. The molecule has 0 atom stereocenters. The Morgan fingerprint density at radius 2 is 1.23 bits per heavy atom. The first-order valence-electron chi connectivity index (χ1n) is 17.4. The molecule has 2 N–H and O–H groups in total. The van der Waals surface area contributed by atoms with Gasteiger partial charge < -0.3 is 14.6 Å². The molecule has 8 aromatic carbocycles. The van der Waals surface area contributed by atoms with Crippen LogP contribution >= 0.6 is 0 Å². The average Bonchev–Trinajstić information content (AvgIpc) is 3.78. The zero-order chi connectivity index (χ0) is 34.6. The molecule has 0 bridgehead atoms. The molecule has 2 aromatic heterocycles. The number of furan rings is 2. The van der Waals surface area contributed by atoms with Crippen LogP contribution in [0.1, 0.15) is 16.7 Å². The van der Waals surface area contributed by atoms with E-state index >= 15 is 0 Å². The van der Waals surface area contributed by atoms with Crippen LogP contribution in [0.15, 0.2) is 183 Å². The zero-order valence-corrected chi connectivity index (χ0v) is 28.1. The fourth-order valence-corrected chi connectivity index (χ4v) is 7.46. The lowest BCUT2D eigenvalue weighted by molar-refractivity contribution is 0.668. The van der Waals surface area contributed by atoms with E-state index in [4.69, 9.17) is 24.6 Å². The quantitative estimate of drug-likeness (QED) is 0.113. The summed E-state index contributed by atoms with van der Waals surface area (Å²) in [6.45, 7) is 0.389. The van der Waals surface area contributed by atoms with Gasteiger partial charge in [0.05, 0.1) is 6.54 Å². The summed E-state index contributed by atoms with van der Waals surface area (Å²) < 4.78 is 12.8. The summed E-state index contributed by atoms with van der Waals surface area (Å²) in [4.78, 5) is 10.1. The van der Waals surface area contributed by atoms with Gasteiger partial charge in [-0.15, -0.1) is 0 Å². The second-order valence-corrected chi connectivity index (χ2v) is 13.1. The molecule has 0 saturated heterocycles. The predicted octanol–water partition coefficient (Wildman–Crippen LogP) is 11.8. The van der Waals surface area contributed by atoms with Gasteiger partial charge in [0.25, 0.3) is 0 Å². The van der Waals surface area contributed by atoms with Crippen molar-refractivity contribution in [3.05, 3.63) is 180 Å². The predicted molar refractivity (Wildman–Crippen MR) is 215 cm³/mol. The van der Waals surface area contributed by atoms with Crippen LogP contribution in [0.25, 0.3) is 76.5 Å². The highest BCUT2D eigenvalue weighted by atomic mass is 16.3. The summed E-state index contributed by atoms with van der Waals surface area (Å²) in [5, 5.41) is 9.00. The number of benzene rings is 8. The topological polar surface area (TPSA) is 77.0 Å². The lowest BCUT2D eigenvalue weighted by Crippen LogP contribution is -2.16. The first kappa shape index (κ1) is 29.9. The number of rotatable bonds is 5. The van der Waals surface area contributed by atoms with E-state index in [1.165, 1.54) is 16.2 Å². The number of para-hydroxylation sites is 2. The third-order valence-corrected chi connectivity index (χ3v) is 9.99. The molecule has 0 radical (unpaired) electrons. The van der Waals surface area contributed by atoms with Crippen molar-refractivity contribution in [2.24, 2.45) is 15.7 Å². The van der Waals surface area contributed by atoms with Gasteiger partial charge in [-0.05, 0) is 63.0 Å². The van der Waals surface area contributed by atoms with Crippen LogP contribution in [0.2, 0.25) is 0 Å². The van der Waals surface area contributed by atoms with Gasteiger partial charge in [-0.1, -0.05) is 133 Å². The summed E-state index contributed by atoms with van der Waals surface area (Å²) in [6, 6.07) is 56.0. The summed E-state index contributed by atoms with van der Waals surface area (Å²) >= 11 is 0. The number of hydrogen-bond donors (Lipinski definition) is 1. The van der Waals surface area contributed by atoms with E-state index in [1.807, 2.05) is 72.8 Å². The maximum atomic E-state index is 6.74. The number of fused-ring (bicyclic) bond motifs is 9. The van der Waals surface area contributed by atoms with E-state index in [0.29, 0.717) is 18.2 Å². The molecule has 0 aliphatic rings. The highest BCUT2D eigenvalue weighted by molar-refractivity contribution is 6.15. The van der Waals surface area contributed by atoms with Gasteiger partial charge in [0.2, 0.25) is 0 Å². The molecule has 10 aromatic rings. The first-order valence-corrected chi connectivity index (χ1v) is 17.4. The monoisotopic (exact) mass is 669 g/mol. The molecule has 0 fully saturated rings. The maximum Gasteiger partial charge on any atom is 0.157 e. The summed E-state index contributed by atoms with van der Waals surface area (Å²) in [7, 11) is 0. The lowest BCUT2D eigenvalue weighted by atomic mass is 9.99. The molecule has 246 valence electrons. The minimum absolute atomic E-state index is 0.389. The highest BCUT2D eigenvalue weighted by Gasteiger charge is 2.16. The molecule has 5 heteroatoms. The Morgan fingerprint density at radius 1 is 0.500 bits per heavy atom. The fraction of sp³-hybridized carbons (Fsp3) is 0.0213. The lowest BCUT2D eigenvalue weighted by Gasteiger charge is -2.08. The number of aliphatic imine (C=N–C) groups is 2. The van der Waals surface area contributed by atoms with Crippen LogP contribution in [0.3, 0.4) is 0 Å². The van der Waals surface area contributed by atoms with Crippen LogP contribution in [0.4, 0.5) is 0 Å². The third-order valence-electron chi connectivity index (χ3n) is 9.99. The molecule has 0 spiro atoms. The molecular weight excluding hydrogens is 639 g/mol. The van der Waals surface area contributed by atoms with Gasteiger partial charge in [-0.2, -0.15) is 0 Å². The Morgan fingerprint density at radius 3 is 2.15 bits per heavy atom. The molecule has 52 heavy (non-hydrogen) atoms. The molecule has 0 unspecified atom stereocenters. The molecule has 0 saturated carbocycles. The fourth-order valence-electron chi connectivity index (χ4n) is 7.46. The van der Waals surface area contributed by atoms with Gasteiger partial charge in [0.15, 0.2) is 5.84 Å². The van der Waals surface area contributed by atoms with Crippen LogP contribution in [-0.4, -0.2) is 11.7 Å². The van der Waals surface area contributed by atoms with Gasteiger partial charge >= 0.3 is 0 Å². The van der Waals surface area contributed by atoms with Gasteiger partial charge in [-0.3, -0.25) is 4.99 Å². The Kier molecular flexibility index (Phi) is 6.96. The van der Waals surface area contributed by atoms with Crippen molar-refractivity contribution in [2.45, 2.75) is 6.54 Å². The molecule has 0 aliphatic heterocycles. The number of amidine groups is 2. The Balaban J connectivity index is 1.06. The number of nitrogens with two attached hydrogens (primary N) is 1. The Hall–Kier alpha value is -6.98. The van der Waals surface area contributed by atoms with Crippen LogP contribution in [0, 0.1) is 0 Å². The smallest absolute Gasteiger partial charge is 0.157 e. The van der Waals surface area contributed by atoms with E-state index in [-0.39, 0.29) is 0 Å². The minimum atomic E-state index is 0.389. The Bertz CT molecular complexity index is 3060. The zero-order valence-electron chi connectivity index (χ0n) is 28.1. The number of nitrogens with zero attached hydrogens (tertiary/aromatic N) is 2. The normalized spacial score (nSPS) is 12.6. The Labute approximate surface area is 299 Å². The molecule has 2 heterocycles. The van der Waals surface area contributed by atoms with Crippen molar-refractivity contribution >= 4 is 77.1 Å². The van der Waals surface area contributed by atoms with Crippen LogP contribution in [-0.2, 0) is 6.54 Å². The summed E-state index contributed by atoms with van der Waals surface area (Å²) in [5.41, 5.74) is 15.0. The number of hydrogen-bond acceptors (Lipinski definition) is 3. The summed E-state index contributed by atoms with van der Waals surface area (Å²) in [6.07, 6.45) is 0. The van der Waals surface area contributed by atoms with E-state index in [2.05, 4.69) is 91.0 Å². The van der Waals surface area contributed by atoms with Crippen LogP contribution in [0.5, 0.6) is 0 Å². The molecule has 0 amide bonds. The summed E-state index contributed by atoms with van der Waals surface area (Å²) in [5.74, 6) is 0.979. The largest absolute Gasteiger partial charge is 0.456 e. The molecular formula is C47H31N3O2. The van der Waals surface area contributed by atoms with Gasteiger partial charge in [0.1, 0.15) is 28.2 Å². The standard InChI is InChI=1S/C47H31N3O2/c48-46(33-22-24-36-31(26-33)21-20-29-10-4-5-14-35(29)36)50-47(30-11-2-1-3-12-30)49-28-34-13-8-19-43-44(34)40-27-32(23-25-42(40)51-43)37-16-9-17-39-38-15-6-7-18-41(38)52-45(37)39/h1-27H,28H2,(H2,48,49,50). The van der Waals surface area contributed by atoms with Crippen molar-refractivity contribution in [1.82, 2.24) is 0 Å². The van der Waals surface area contributed by atoms with Crippen molar-refractivity contribution in [3.8, 4) is 11.1 Å². The van der Waals surface area contributed by atoms with E-state index in [9.17, 15) is 0 Å². The van der Waals surface area contributed by atoms with E-state index in [0.717, 1.165) is 77.1 Å². The van der Waals surface area contributed by atoms with E-state index in [1.54, 1.807) is 0 Å².